The summed E-state index contributed by atoms with van der Waals surface area (Å²) in [6, 6.07) is -0.659. The molecule has 5 unspecified atom stereocenters. The van der Waals surface area contributed by atoms with Gasteiger partial charge in [-0.2, -0.15) is 0 Å². The predicted molar refractivity (Wildman–Crippen MR) is 173 cm³/mol. The van der Waals surface area contributed by atoms with Gasteiger partial charge >= 0.3 is 0 Å². The summed E-state index contributed by atoms with van der Waals surface area (Å²) >= 11 is 0. The van der Waals surface area contributed by atoms with Crippen LogP contribution >= 0.6 is 0 Å². The quantitative estimate of drug-likeness (QED) is 0.200. The van der Waals surface area contributed by atoms with E-state index in [1.54, 1.807) is 18.7 Å². The van der Waals surface area contributed by atoms with Crippen LogP contribution in [0.5, 0.6) is 0 Å². The van der Waals surface area contributed by atoms with Crippen molar-refractivity contribution in [3.63, 3.8) is 0 Å². The number of carbonyl (C=O) groups is 2. The normalized spacial score (nSPS) is 23.6. The zero-order chi connectivity index (χ0) is 33.2. The van der Waals surface area contributed by atoms with Crippen molar-refractivity contribution in [2.45, 2.75) is 121 Å². The van der Waals surface area contributed by atoms with E-state index in [1.165, 1.54) is 30.5 Å². The first-order valence-electron chi connectivity index (χ1n) is 16.4. The Hall–Kier alpha value is -1.32. The zero-order valence-corrected chi connectivity index (χ0v) is 29.6. The number of aliphatic hydroxyl groups excluding tert-OH is 1. The molecule has 2 aliphatic carbocycles. The summed E-state index contributed by atoms with van der Waals surface area (Å²) in [5.41, 5.74) is 0. The molecule has 0 saturated heterocycles. The average molecular weight is 666 g/mol. The summed E-state index contributed by atoms with van der Waals surface area (Å²) in [4.78, 5) is 31.8. The third-order valence-electron chi connectivity index (χ3n) is 9.08. The van der Waals surface area contributed by atoms with Crippen molar-refractivity contribution in [1.29, 1.82) is 0 Å². The fraction of sp³-hybridized carbons (Fsp3) is 0.933. The van der Waals surface area contributed by atoms with E-state index >= 15 is 0 Å². The molecular weight excluding hydrogens is 606 g/mol. The molecule has 12 nitrogen and oxygen atoms in total. The minimum Gasteiger partial charge on any atom is -0.390 e. The standard InChI is InChI=1S/C30H59N5O7S2/c1-8-15-35(16-9-2)30(38)25-18-24(19-26(20-25)44(41,42)33(5)6)29(37)31-27(17-23-13-11-10-12-14-23)28(36)21-34(7)32-43(39,40)22(3)4/h22-28,32,36H,8-21H2,1-7H3,(H,31,37). The smallest absolute Gasteiger partial charge is 0.226 e. The average Bonchev–Trinajstić information content (AvgIpc) is 2.96. The van der Waals surface area contributed by atoms with Crippen LogP contribution in [0.15, 0.2) is 0 Å². The maximum Gasteiger partial charge on any atom is 0.226 e. The van der Waals surface area contributed by atoms with Gasteiger partial charge in [0.1, 0.15) is 0 Å². The fourth-order valence-corrected chi connectivity index (χ4v) is 8.78. The van der Waals surface area contributed by atoms with Crippen LogP contribution in [-0.2, 0) is 29.6 Å². The lowest BCUT2D eigenvalue weighted by Gasteiger charge is -2.38. The van der Waals surface area contributed by atoms with Gasteiger partial charge in [0, 0.05) is 52.6 Å². The van der Waals surface area contributed by atoms with Crippen molar-refractivity contribution < 1.29 is 31.5 Å². The van der Waals surface area contributed by atoms with E-state index in [1.807, 2.05) is 13.8 Å². The Kier molecular flexibility index (Phi) is 15.5. The van der Waals surface area contributed by atoms with E-state index in [9.17, 15) is 31.5 Å². The first-order chi connectivity index (χ1) is 20.5. The summed E-state index contributed by atoms with van der Waals surface area (Å²) in [6.07, 6.45) is 6.83. The number of likely N-dealkylation sites (N-methyl/N-ethyl adjacent to an activating group) is 1. The van der Waals surface area contributed by atoms with Crippen molar-refractivity contribution in [3.05, 3.63) is 0 Å². The summed E-state index contributed by atoms with van der Waals surface area (Å²) in [6.45, 7) is 8.23. The minimum absolute atomic E-state index is 0.0456. The maximum absolute atomic E-state index is 13.9. The van der Waals surface area contributed by atoms with Crippen LogP contribution in [0.4, 0.5) is 0 Å². The molecular formula is C30H59N5O7S2. The fourth-order valence-electron chi connectivity index (χ4n) is 6.52. The number of hydrogen-bond donors (Lipinski definition) is 3. The van der Waals surface area contributed by atoms with Gasteiger partial charge in [-0.1, -0.05) is 46.0 Å². The third kappa shape index (κ3) is 11.2. The number of carbonyl (C=O) groups excluding carboxylic acids is 2. The monoisotopic (exact) mass is 665 g/mol. The number of nitrogens with one attached hydrogen (secondary N) is 2. The number of rotatable bonds is 17. The molecule has 2 fully saturated rings. The van der Waals surface area contributed by atoms with Crippen LogP contribution < -0.4 is 10.1 Å². The van der Waals surface area contributed by atoms with Crippen LogP contribution in [0.2, 0.25) is 0 Å². The Bertz CT molecular complexity index is 1120. The number of aliphatic hydroxyl groups is 1. The van der Waals surface area contributed by atoms with Crippen LogP contribution in [0.25, 0.3) is 0 Å². The van der Waals surface area contributed by atoms with Gasteiger partial charge in [0.05, 0.1) is 22.6 Å². The van der Waals surface area contributed by atoms with Crippen LogP contribution in [-0.4, -0.2) is 111 Å². The summed E-state index contributed by atoms with van der Waals surface area (Å²) in [5, 5.41) is 14.2. The maximum atomic E-state index is 13.9. The van der Waals surface area contributed by atoms with Crippen LogP contribution in [0.3, 0.4) is 0 Å². The number of hydrazine groups is 1. The molecule has 0 aromatic heterocycles. The molecule has 0 aliphatic heterocycles. The molecule has 0 aromatic rings. The lowest BCUT2D eigenvalue weighted by atomic mass is 9.79. The zero-order valence-electron chi connectivity index (χ0n) is 28.0. The number of amides is 2. The van der Waals surface area contributed by atoms with Gasteiger partial charge in [0.25, 0.3) is 0 Å². The molecule has 2 amide bonds. The second-order valence-electron chi connectivity index (χ2n) is 13.4. The van der Waals surface area contributed by atoms with Crippen molar-refractivity contribution >= 4 is 31.9 Å². The van der Waals surface area contributed by atoms with Crippen LogP contribution in [0, 0.1) is 17.8 Å². The van der Waals surface area contributed by atoms with E-state index in [4.69, 9.17) is 0 Å². The Morgan fingerprint density at radius 1 is 0.886 bits per heavy atom. The summed E-state index contributed by atoms with van der Waals surface area (Å²) in [7, 11) is -2.87. The molecule has 0 bridgehead atoms. The van der Waals surface area contributed by atoms with Gasteiger partial charge in [-0.05, 0) is 58.3 Å². The lowest BCUT2D eigenvalue weighted by molar-refractivity contribution is -0.138. The van der Waals surface area contributed by atoms with E-state index in [0.29, 0.717) is 25.4 Å². The summed E-state index contributed by atoms with van der Waals surface area (Å²) in [5.74, 6) is -1.50. The van der Waals surface area contributed by atoms with E-state index in [-0.39, 0.29) is 37.6 Å². The SMILES string of the molecule is CCCN(CCC)C(=O)C1CC(C(=O)NC(CC2CCCCC2)C(O)CN(C)NS(=O)(=O)C(C)C)CC(S(=O)(=O)N(C)C)C1. The molecule has 0 radical (unpaired) electrons. The second kappa shape index (κ2) is 17.6. The highest BCUT2D eigenvalue weighted by atomic mass is 32.2. The third-order valence-corrected chi connectivity index (χ3v) is 13.1. The number of sulfonamides is 2. The molecule has 3 N–H and O–H groups in total. The van der Waals surface area contributed by atoms with Crippen molar-refractivity contribution in [2.75, 3.05) is 40.8 Å². The topological polar surface area (TPSA) is 156 Å². The van der Waals surface area contributed by atoms with Crippen molar-refractivity contribution in [2.24, 2.45) is 17.8 Å². The number of hydrogen-bond acceptors (Lipinski definition) is 8. The first kappa shape index (κ1) is 38.9. The Morgan fingerprint density at radius 2 is 1.45 bits per heavy atom. The Labute approximate surface area is 266 Å². The van der Waals surface area contributed by atoms with Gasteiger partial charge in [-0.25, -0.2) is 26.1 Å². The Morgan fingerprint density at radius 3 is 1.98 bits per heavy atom. The molecule has 5 atom stereocenters. The van der Waals surface area contributed by atoms with E-state index in [0.717, 1.165) is 44.9 Å². The molecule has 258 valence electrons. The largest absolute Gasteiger partial charge is 0.390 e. The van der Waals surface area contributed by atoms with Gasteiger partial charge in [-0.15, -0.1) is 4.83 Å². The van der Waals surface area contributed by atoms with Gasteiger partial charge < -0.3 is 15.3 Å². The molecule has 2 rings (SSSR count). The Balaban J connectivity index is 2.31. The predicted octanol–water partition coefficient (Wildman–Crippen LogP) is 2.30. The molecule has 44 heavy (non-hydrogen) atoms. The molecule has 14 heteroatoms. The highest BCUT2D eigenvalue weighted by molar-refractivity contribution is 7.90. The van der Waals surface area contributed by atoms with E-state index in [2.05, 4.69) is 10.1 Å². The minimum atomic E-state index is -3.73. The molecule has 2 aliphatic rings. The van der Waals surface area contributed by atoms with Crippen molar-refractivity contribution in [3.8, 4) is 0 Å². The van der Waals surface area contributed by atoms with Crippen LogP contribution in [0.1, 0.15) is 98.3 Å². The lowest BCUT2D eigenvalue weighted by Crippen LogP contribution is -2.54. The molecule has 0 spiro atoms. The highest BCUT2D eigenvalue weighted by Gasteiger charge is 2.44. The molecule has 0 heterocycles. The van der Waals surface area contributed by atoms with Gasteiger partial charge in [0.15, 0.2) is 0 Å². The number of nitrogens with zero attached hydrogens (tertiary/aromatic N) is 3. The first-order valence-corrected chi connectivity index (χ1v) is 19.5. The van der Waals surface area contributed by atoms with Gasteiger partial charge in [0.2, 0.25) is 31.9 Å². The summed E-state index contributed by atoms with van der Waals surface area (Å²) < 4.78 is 52.5. The highest BCUT2D eigenvalue weighted by Crippen LogP contribution is 2.36. The molecule has 2 saturated carbocycles. The molecule has 0 aromatic carbocycles. The van der Waals surface area contributed by atoms with E-state index < -0.39 is 54.5 Å². The van der Waals surface area contributed by atoms with Crippen molar-refractivity contribution in [1.82, 2.24) is 24.4 Å². The second-order valence-corrected chi connectivity index (χ2v) is 18.0. The van der Waals surface area contributed by atoms with Gasteiger partial charge in [-0.3, -0.25) is 9.59 Å².